The number of nitrogens with two attached hydrogens (primary N) is 1. The molecule has 1 aromatic heterocycles. The van der Waals surface area contributed by atoms with Crippen molar-refractivity contribution in [3.05, 3.63) is 75.3 Å². The highest BCUT2D eigenvalue weighted by molar-refractivity contribution is 6.14. The van der Waals surface area contributed by atoms with Crippen LogP contribution in [0.5, 0.6) is 0 Å². The third-order valence-corrected chi connectivity index (χ3v) is 6.22. The SMILES string of the molecule is CN1CCN(c2cc(-c3ccc4c(c3)C(c3ccc([N+](=O)[O-])cc3)=NCC4)nc(N)n2)CC1. The Morgan fingerprint density at radius 3 is 2.42 bits per heavy atom. The lowest BCUT2D eigenvalue weighted by molar-refractivity contribution is -0.384. The van der Waals surface area contributed by atoms with Gasteiger partial charge in [-0.15, -0.1) is 0 Å². The van der Waals surface area contributed by atoms with E-state index >= 15 is 0 Å². The highest BCUT2D eigenvalue weighted by atomic mass is 16.6. The van der Waals surface area contributed by atoms with E-state index in [1.165, 1.54) is 17.7 Å². The molecule has 0 saturated carbocycles. The van der Waals surface area contributed by atoms with E-state index in [9.17, 15) is 10.1 Å². The second kappa shape index (κ2) is 8.59. The first-order valence-electron chi connectivity index (χ1n) is 11.0. The molecule has 168 valence electrons. The first-order chi connectivity index (χ1) is 16.0. The number of nitro benzene ring substituents is 1. The van der Waals surface area contributed by atoms with Crippen LogP contribution >= 0.6 is 0 Å². The number of aromatic nitrogens is 2. The van der Waals surface area contributed by atoms with E-state index in [4.69, 9.17) is 10.7 Å². The number of benzene rings is 2. The molecule has 3 aromatic rings. The van der Waals surface area contributed by atoms with Crippen LogP contribution in [0.25, 0.3) is 11.3 Å². The van der Waals surface area contributed by atoms with Gasteiger partial charge in [0.2, 0.25) is 5.95 Å². The summed E-state index contributed by atoms with van der Waals surface area (Å²) in [6.07, 6.45) is 0.852. The molecule has 0 amide bonds. The molecular weight excluding hydrogens is 418 g/mol. The molecule has 0 atom stereocenters. The minimum Gasteiger partial charge on any atom is -0.368 e. The topological polar surface area (TPSA) is 114 Å². The predicted octanol–water partition coefficient (Wildman–Crippen LogP) is 2.78. The van der Waals surface area contributed by atoms with Gasteiger partial charge in [-0.05, 0) is 37.2 Å². The maximum absolute atomic E-state index is 11.0. The van der Waals surface area contributed by atoms with Crippen LogP contribution in [0.2, 0.25) is 0 Å². The number of aliphatic imine (C=N–C) groups is 1. The fourth-order valence-corrected chi connectivity index (χ4v) is 4.33. The van der Waals surface area contributed by atoms with Gasteiger partial charge in [-0.2, -0.15) is 4.98 Å². The standard InChI is InChI=1S/C24H25N7O2/c1-29-10-12-30(13-11-29)22-15-21(27-24(25)28-22)18-3-2-16-8-9-26-23(20(16)14-18)17-4-6-19(7-5-17)31(32)33/h2-7,14-15H,8-13H2,1H3,(H2,25,27,28). The molecule has 0 aliphatic carbocycles. The average molecular weight is 444 g/mol. The number of nitrogen functional groups attached to an aromatic ring is 1. The number of nitrogens with zero attached hydrogens (tertiary/aromatic N) is 6. The van der Waals surface area contributed by atoms with Crippen LogP contribution in [0.15, 0.2) is 53.5 Å². The molecule has 0 bridgehead atoms. The second-order valence-electron chi connectivity index (χ2n) is 8.42. The van der Waals surface area contributed by atoms with Gasteiger partial charge in [0.1, 0.15) is 5.82 Å². The van der Waals surface area contributed by atoms with Crippen LogP contribution in [0.1, 0.15) is 16.7 Å². The van der Waals surface area contributed by atoms with Crippen molar-refractivity contribution in [3.8, 4) is 11.3 Å². The van der Waals surface area contributed by atoms with Crippen molar-refractivity contribution >= 4 is 23.2 Å². The molecule has 2 aromatic carbocycles. The fourth-order valence-electron chi connectivity index (χ4n) is 4.33. The molecule has 0 spiro atoms. The van der Waals surface area contributed by atoms with Crippen LogP contribution in [-0.4, -0.2) is 65.3 Å². The zero-order valence-electron chi connectivity index (χ0n) is 18.4. The molecule has 33 heavy (non-hydrogen) atoms. The zero-order chi connectivity index (χ0) is 22.9. The number of likely N-dealkylation sites (N-methyl/N-ethyl adjacent to an activating group) is 1. The molecule has 5 rings (SSSR count). The van der Waals surface area contributed by atoms with E-state index < -0.39 is 4.92 Å². The summed E-state index contributed by atoms with van der Waals surface area (Å²) in [5.41, 5.74) is 11.8. The molecule has 0 unspecified atom stereocenters. The van der Waals surface area contributed by atoms with E-state index in [0.717, 1.165) is 66.5 Å². The van der Waals surface area contributed by atoms with Gasteiger partial charge in [-0.1, -0.05) is 12.1 Å². The monoisotopic (exact) mass is 443 g/mol. The highest BCUT2D eigenvalue weighted by Gasteiger charge is 2.20. The zero-order valence-corrected chi connectivity index (χ0v) is 18.4. The minimum atomic E-state index is -0.393. The van der Waals surface area contributed by atoms with Gasteiger partial charge < -0.3 is 15.5 Å². The lowest BCUT2D eigenvalue weighted by Gasteiger charge is -2.33. The van der Waals surface area contributed by atoms with E-state index in [0.29, 0.717) is 6.54 Å². The van der Waals surface area contributed by atoms with E-state index in [-0.39, 0.29) is 11.6 Å². The third kappa shape index (κ3) is 4.27. The molecule has 2 aliphatic heterocycles. The molecule has 9 nitrogen and oxygen atoms in total. The lowest BCUT2D eigenvalue weighted by atomic mass is 9.91. The van der Waals surface area contributed by atoms with Gasteiger partial charge in [-0.25, -0.2) is 4.98 Å². The maximum Gasteiger partial charge on any atom is 0.269 e. The van der Waals surface area contributed by atoms with Crippen LogP contribution in [0, 0.1) is 10.1 Å². The highest BCUT2D eigenvalue weighted by Crippen LogP contribution is 2.29. The largest absolute Gasteiger partial charge is 0.368 e. The van der Waals surface area contributed by atoms with Crippen molar-refractivity contribution in [1.82, 2.24) is 14.9 Å². The molecule has 3 heterocycles. The third-order valence-electron chi connectivity index (χ3n) is 6.22. The second-order valence-corrected chi connectivity index (χ2v) is 8.42. The Morgan fingerprint density at radius 1 is 0.970 bits per heavy atom. The molecule has 2 aliphatic rings. The first kappa shape index (κ1) is 21.0. The maximum atomic E-state index is 11.0. The Kier molecular flexibility index (Phi) is 5.47. The summed E-state index contributed by atoms with van der Waals surface area (Å²) < 4.78 is 0. The quantitative estimate of drug-likeness (QED) is 0.487. The number of anilines is 2. The summed E-state index contributed by atoms with van der Waals surface area (Å²) in [4.78, 5) is 28.9. The minimum absolute atomic E-state index is 0.0667. The van der Waals surface area contributed by atoms with Crippen molar-refractivity contribution < 1.29 is 4.92 Å². The van der Waals surface area contributed by atoms with Gasteiger partial charge in [-0.3, -0.25) is 15.1 Å². The van der Waals surface area contributed by atoms with Crippen LogP contribution in [0.3, 0.4) is 0 Å². The van der Waals surface area contributed by atoms with E-state index in [2.05, 4.69) is 45.0 Å². The summed E-state index contributed by atoms with van der Waals surface area (Å²) in [5.74, 6) is 1.09. The Bertz CT molecular complexity index is 1230. The van der Waals surface area contributed by atoms with Crippen LogP contribution < -0.4 is 10.6 Å². The Labute approximate surface area is 191 Å². The van der Waals surface area contributed by atoms with Crippen molar-refractivity contribution in [2.45, 2.75) is 6.42 Å². The number of non-ortho nitro benzene ring substituents is 1. The van der Waals surface area contributed by atoms with Gasteiger partial charge in [0.05, 0.1) is 16.3 Å². The predicted molar refractivity (Wildman–Crippen MR) is 129 cm³/mol. The van der Waals surface area contributed by atoms with E-state index in [1.807, 2.05) is 6.07 Å². The Morgan fingerprint density at radius 2 is 1.70 bits per heavy atom. The van der Waals surface area contributed by atoms with Crippen LogP contribution in [-0.2, 0) is 6.42 Å². The van der Waals surface area contributed by atoms with Gasteiger partial charge in [0.25, 0.3) is 5.69 Å². The summed E-state index contributed by atoms with van der Waals surface area (Å²) in [6, 6.07) is 14.8. The van der Waals surface area contributed by atoms with Gasteiger partial charge >= 0.3 is 0 Å². The summed E-state index contributed by atoms with van der Waals surface area (Å²) in [7, 11) is 2.12. The van der Waals surface area contributed by atoms with Gasteiger partial charge in [0, 0.05) is 67.6 Å². The average Bonchev–Trinajstić information content (AvgIpc) is 2.83. The number of hydrogen-bond acceptors (Lipinski definition) is 8. The summed E-state index contributed by atoms with van der Waals surface area (Å²) >= 11 is 0. The molecule has 9 heteroatoms. The van der Waals surface area contributed by atoms with Crippen molar-refractivity contribution in [2.75, 3.05) is 50.4 Å². The number of hydrogen-bond donors (Lipinski definition) is 1. The molecular formula is C24H25N7O2. The lowest BCUT2D eigenvalue weighted by Crippen LogP contribution is -2.44. The van der Waals surface area contributed by atoms with Crippen molar-refractivity contribution in [2.24, 2.45) is 4.99 Å². The number of piperazine rings is 1. The fraction of sp³-hybridized carbons (Fsp3) is 0.292. The Balaban J connectivity index is 1.50. The van der Waals surface area contributed by atoms with Gasteiger partial charge in [0.15, 0.2) is 0 Å². The molecule has 1 saturated heterocycles. The summed E-state index contributed by atoms with van der Waals surface area (Å²) in [5, 5.41) is 11.0. The van der Waals surface area contributed by atoms with Crippen molar-refractivity contribution in [3.63, 3.8) is 0 Å². The molecule has 0 radical (unpaired) electrons. The van der Waals surface area contributed by atoms with Crippen molar-refractivity contribution in [1.29, 1.82) is 0 Å². The number of rotatable bonds is 4. The summed E-state index contributed by atoms with van der Waals surface area (Å²) in [6.45, 7) is 4.44. The van der Waals surface area contributed by atoms with E-state index in [1.54, 1.807) is 12.1 Å². The smallest absolute Gasteiger partial charge is 0.269 e. The normalized spacial score (nSPS) is 16.3. The number of fused-ring (bicyclic) bond motifs is 1. The Hall–Kier alpha value is -3.85. The number of nitro groups is 1. The first-order valence-corrected chi connectivity index (χ1v) is 11.0. The molecule has 1 fully saturated rings. The molecule has 2 N–H and O–H groups in total. The van der Waals surface area contributed by atoms with Crippen LogP contribution in [0.4, 0.5) is 17.5 Å².